The summed E-state index contributed by atoms with van der Waals surface area (Å²) in [6, 6.07) is 3.74. The monoisotopic (exact) mass is 526 g/mol. The maximum Gasteiger partial charge on any atom is 0.341 e. The van der Waals surface area contributed by atoms with Gasteiger partial charge in [0.15, 0.2) is 0 Å². The third-order valence-corrected chi connectivity index (χ3v) is 9.08. The summed E-state index contributed by atoms with van der Waals surface area (Å²) in [4.78, 5) is 31.1. The highest BCUT2D eigenvalue weighted by Gasteiger charge is 2.30. The quantitative estimate of drug-likeness (QED) is 0.416. The molecular weight excluding hydrogens is 492 g/mol. The molecule has 0 aromatic carbocycles. The van der Waals surface area contributed by atoms with E-state index in [0.717, 1.165) is 55.8 Å². The Balaban J connectivity index is 1.36. The number of hydrogen-bond acceptors (Lipinski definition) is 6. The standard InChI is InChI=1S/C27H34N4O3S2/c1-27(2,3)34-25(32)22-18-9-5-6-10-20(18)35-23(22)29-26(33)28-15-19-17-11-14-30(4)16-21(17)36-24(19)31-12-7-8-13-31/h7-8,12-13H,5-6,9-11,14-16H2,1-4H3,(H2,28,29,33). The molecule has 7 nitrogen and oxygen atoms in total. The Morgan fingerprint density at radius 3 is 2.53 bits per heavy atom. The number of thiophene rings is 2. The van der Waals surface area contributed by atoms with Gasteiger partial charge in [-0.3, -0.25) is 5.32 Å². The maximum atomic E-state index is 13.1. The fraction of sp³-hybridized carbons (Fsp3) is 0.481. The molecule has 0 radical (unpaired) electrons. The van der Waals surface area contributed by atoms with Gasteiger partial charge in [-0.2, -0.15) is 0 Å². The molecule has 4 heterocycles. The third-order valence-electron chi connectivity index (χ3n) is 6.60. The first-order valence-corrected chi connectivity index (χ1v) is 14.2. The first-order valence-electron chi connectivity index (χ1n) is 12.6. The molecular formula is C27H34N4O3S2. The highest BCUT2D eigenvalue weighted by atomic mass is 32.1. The van der Waals surface area contributed by atoms with Crippen LogP contribution in [0.5, 0.6) is 0 Å². The number of aromatic nitrogens is 1. The lowest BCUT2D eigenvalue weighted by molar-refractivity contribution is 0.00699. The Morgan fingerprint density at radius 1 is 1.03 bits per heavy atom. The van der Waals surface area contributed by atoms with E-state index < -0.39 is 5.60 Å². The van der Waals surface area contributed by atoms with Crippen molar-refractivity contribution in [2.75, 3.05) is 18.9 Å². The molecule has 0 unspecified atom stereocenters. The number of carbonyl (C=O) groups excluding carboxylic acids is 2. The van der Waals surface area contributed by atoms with Crippen molar-refractivity contribution in [2.45, 2.75) is 71.6 Å². The number of likely N-dealkylation sites (N-methyl/N-ethyl adjacent to an activating group) is 1. The Hall–Kier alpha value is -2.62. The number of anilines is 1. The van der Waals surface area contributed by atoms with Crippen LogP contribution in [0.25, 0.3) is 5.00 Å². The van der Waals surface area contributed by atoms with Gasteiger partial charge in [-0.15, -0.1) is 22.7 Å². The van der Waals surface area contributed by atoms with Gasteiger partial charge in [0, 0.05) is 47.3 Å². The molecule has 1 aliphatic heterocycles. The van der Waals surface area contributed by atoms with E-state index in [2.05, 4.69) is 27.1 Å². The second-order valence-electron chi connectivity index (χ2n) is 10.6. The first-order chi connectivity index (χ1) is 17.2. The number of carbonyl (C=O) groups is 2. The van der Waals surface area contributed by atoms with Gasteiger partial charge in [0.2, 0.25) is 0 Å². The molecule has 0 saturated carbocycles. The van der Waals surface area contributed by atoms with Crippen molar-refractivity contribution < 1.29 is 14.3 Å². The van der Waals surface area contributed by atoms with Crippen molar-refractivity contribution in [1.29, 1.82) is 0 Å². The van der Waals surface area contributed by atoms with Crippen LogP contribution in [0, 0.1) is 0 Å². The summed E-state index contributed by atoms with van der Waals surface area (Å²) in [5.74, 6) is -0.358. The van der Waals surface area contributed by atoms with E-state index in [0.29, 0.717) is 17.1 Å². The summed E-state index contributed by atoms with van der Waals surface area (Å²) in [7, 11) is 2.15. The average Bonchev–Trinajstić information content (AvgIpc) is 3.53. The van der Waals surface area contributed by atoms with Crippen molar-refractivity contribution in [3.8, 4) is 5.00 Å². The Bertz CT molecular complexity index is 1270. The van der Waals surface area contributed by atoms with E-state index in [1.165, 1.54) is 32.2 Å². The van der Waals surface area contributed by atoms with Gasteiger partial charge in [-0.25, -0.2) is 9.59 Å². The zero-order chi connectivity index (χ0) is 25.4. The predicted octanol–water partition coefficient (Wildman–Crippen LogP) is 5.74. The van der Waals surface area contributed by atoms with Crippen molar-refractivity contribution in [2.24, 2.45) is 0 Å². The van der Waals surface area contributed by atoms with Gasteiger partial charge < -0.3 is 19.5 Å². The van der Waals surface area contributed by atoms with Crippen LogP contribution >= 0.6 is 22.7 Å². The molecule has 192 valence electrons. The van der Waals surface area contributed by atoms with Gasteiger partial charge in [0.05, 0.1) is 5.56 Å². The summed E-state index contributed by atoms with van der Waals surface area (Å²) < 4.78 is 7.84. The topological polar surface area (TPSA) is 75.6 Å². The number of nitrogens with one attached hydrogen (secondary N) is 2. The van der Waals surface area contributed by atoms with Gasteiger partial charge >= 0.3 is 12.0 Å². The van der Waals surface area contributed by atoms with Crippen molar-refractivity contribution in [3.05, 3.63) is 56.5 Å². The highest BCUT2D eigenvalue weighted by Crippen LogP contribution is 2.39. The van der Waals surface area contributed by atoms with Crippen LogP contribution in [0.3, 0.4) is 0 Å². The fourth-order valence-electron chi connectivity index (χ4n) is 4.96. The van der Waals surface area contributed by atoms with Gasteiger partial charge in [0.25, 0.3) is 0 Å². The van der Waals surface area contributed by atoms with E-state index in [1.807, 2.05) is 45.3 Å². The summed E-state index contributed by atoms with van der Waals surface area (Å²) in [6.45, 7) is 7.97. The number of ether oxygens (including phenoxy) is 1. The second kappa shape index (κ2) is 10.0. The first kappa shape index (κ1) is 25.0. The number of nitrogens with zero attached hydrogens (tertiary/aromatic N) is 2. The summed E-state index contributed by atoms with van der Waals surface area (Å²) in [5, 5.41) is 7.82. The second-order valence-corrected chi connectivity index (χ2v) is 12.8. The van der Waals surface area contributed by atoms with Crippen LogP contribution in [-0.4, -0.2) is 40.7 Å². The number of rotatable bonds is 5. The Labute approximate surface area is 220 Å². The smallest absolute Gasteiger partial charge is 0.341 e. The van der Waals surface area contributed by atoms with E-state index >= 15 is 0 Å². The minimum atomic E-state index is -0.596. The SMILES string of the molecule is CN1CCc2c(sc(-n3cccc3)c2CNC(=O)Nc2sc3c(c2C(=O)OC(C)(C)C)CCCC3)C1. The highest BCUT2D eigenvalue weighted by molar-refractivity contribution is 7.17. The van der Waals surface area contributed by atoms with Crippen molar-refractivity contribution >= 4 is 39.7 Å². The van der Waals surface area contributed by atoms with Crippen LogP contribution in [0.4, 0.5) is 9.80 Å². The lowest BCUT2D eigenvalue weighted by Gasteiger charge is -2.23. The molecule has 2 amide bonds. The van der Waals surface area contributed by atoms with Gasteiger partial charge in [0.1, 0.15) is 15.6 Å². The van der Waals surface area contributed by atoms with Crippen LogP contribution in [0.1, 0.15) is 70.4 Å². The zero-order valence-corrected chi connectivity index (χ0v) is 23.0. The van der Waals surface area contributed by atoms with E-state index in [1.54, 1.807) is 11.3 Å². The Kier molecular flexibility index (Phi) is 6.98. The van der Waals surface area contributed by atoms with Crippen LogP contribution in [-0.2, 0) is 37.1 Å². The molecule has 3 aromatic heterocycles. The summed E-state index contributed by atoms with van der Waals surface area (Å²) in [6.07, 6.45) is 9.01. The molecule has 3 aromatic rings. The molecule has 36 heavy (non-hydrogen) atoms. The molecule has 5 rings (SSSR count). The minimum absolute atomic E-state index is 0.301. The normalized spacial score (nSPS) is 15.8. The molecule has 2 aliphatic rings. The largest absolute Gasteiger partial charge is 0.456 e. The summed E-state index contributed by atoms with van der Waals surface area (Å²) in [5.41, 5.74) is 3.50. The molecule has 0 bridgehead atoms. The number of fused-ring (bicyclic) bond motifs is 2. The number of urea groups is 1. The lowest BCUT2D eigenvalue weighted by atomic mass is 9.95. The Morgan fingerprint density at radius 2 is 1.78 bits per heavy atom. The number of hydrogen-bond donors (Lipinski definition) is 2. The van der Waals surface area contributed by atoms with Gasteiger partial charge in [-0.05, 0) is 83.2 Å². The van der Waals surface area contributed by atoms with E-state index in [4.69, 9.17) is 4.74 Å². The lowest BCUT2D eigenvalue weighted by Crippen LogP contribution is -2.31. The fourth-order valence-corrected chi connectivity index (χ4v) is 7.64. The van der Waals surface area contributed by atoms with E-state index in [9.17, 15) is 9.59 Å². The minimum Gasteiger partial charge on any atom is -0.456 e. The summed E-state index contributed by atoms with van der Waals surface area (Å²) >= 11 is 3.31. The zero-order valence-electron chi connectivity index (χ0n) is 21.4. The molecule has 0 fully saturated rings. The van der Waals surface area contributed by atoms with Gasteiger partial charge in [-0.1, -0.05) is 0 Å². The molecule has 1 aliphatic carbocycles. The maximum absolute atomic E-state index is 13.1. The third kappa shape index (κ3) is 5.23. The number of aryl methyl sites for hydroxylation is 1. The molecule has 0 atom stereocenters. The van der Waals surface area contributed by atoms with Crippen LogP contribution in [0.15, 0.2) is 24.5 Å². The van der Waals surface area contributed by atoms with Crippen LogP contribution in [0.2, 0.25) is 0 Å². The van der Waals surface area contributed by atoms with E-state index in [-0.39, 0.29) is 12.0 Å². The van der Waals surface area contributed by atoms with Crippen molar-refractivity contribution in [3.63, 3.8) is 0 Å². The molecule has 9 heteroatoms. The number of esters is 1. The average molecular weight is 527 g/mol. The predicted molar refractivity (Wildman–Crippen MR) is 146 cm³/mol. The number of amides is 2. The molecule has 0 spiro atoms. The molecule has 2 N–H and O–H groups in total. The van der Waals surface area contributed by atoms with Crippen LogP contribution < -0.4 is 10.6 Å². The van der Waals surface area contributed by atoms with Crippen molar-refractivity contribution in [1.82, 2.24) is 14.8 Å². The molecule has 0 saturated heterocycles.